The highest BCUT2D eigenvalue weighted by atomic mass is 16.7. The molecule has 0 aromatic carbocycles. The Balaban J connectivity index is 2.65. The van der Waals surface area contributed by atoms with Crippen molar-refractivity contribution >= 4 is 11.9 Å². The highest BCUT2D eigenvalue weighted by molar-refractivity contribution is 5.80. The molecule has 0 aromatic heterocycles. The van der Waals surface area contributed by atoms with E-state index in [1.54, 1.807) is 6.08 Å². The number of carbonyl (C=O) groups excluding carboxylic acids is 2. The van der Waals surface area contributed by atoms with Crippen molar-refractivity contribution in [3.05, 3.63) is 109 Å². The van der Waals surface area contributed by atoms with E-state index in [4.69, 9.17) is 14.2 Å². The number of hydrogen-bond acceptors (Lipinski definition) is 10. The first-order valence-corrected chi connectivity index (χ1v) is 31.2. The van der Waals surface area contributed by atoms with Gasteiger partial charge in [0.25, 0.3) is 0 Å². The first kappa shape index (κ1) is 72.3. The summed E-state index contributed by atoms with van der Waals surface area (Å²) in [6.07, 6.45) is 62.7. The summed E-state index contributed by atoms with van der Waals surface area (Å²) in [6.45, 7) is 5.51. The number of allylic oxidation sites excluding steroid dienone is 17. The minimum Gasteiger partial charge on any atom is -0.454 e. The van der Waals surface area contributed by atoms with E-state index < -0.39 is 67.4 Å². The second kappa shape index (κ2) is 53.9. The average molecular weight is 1090 g/mol. The number of aliphatic hydroxyl groups excluding tert-OH is 5. The molecule has 1 aliphatic heterocycles. The van der Waals surface area contributed by atoms with Gasteiger partial charge in [0.1, 0.15) is 24.4 Å². The molecule has 78 heavy (non-hydrogen) atoms. The van der Waals surface area contributed by atoms with E-state index >= 15 is 0 Å². The van der Waals surface area contributed by atoms with Crippen LogP contribution in [0.3, 0.4) is 0 Å². The van der Waals surface area contributed by atoms with E-state index in [1.807, 2.05) is 24.3 Å². The van der Waals surface area contributed by atoms with E-state index in [0.717, 1.165) is 122 Å². The van der Waals surface area contributed by atoms with Gasteiger partial charge >= 0.3 is 5.97 Å². The van der Waals surface area contributed by atoms with Crippen LogP contribution in [0.5, 0.6) is 0 Å². The smallest absolute Gasteiger partial charge is 0.306 e. The predicted octanol–water partition coefficient (Wildman–Crippen LogP) is 14.9. The maximum absolute atomic E-state index is 13.4. The van der Waals surface area contributed by atoms with Crippen molar-refractivity contribution in [2.45, 2.75) is 288 Å². The van der Waals surface area contributed by atoms with E-state index in [1.165, 1.54) is 70.6 Å². The van der Waals surface area contributed by atoms with Crippen LogP contribution >= 0.6 is 0 Å². The molecule has 1 rings (SSSR count). The molecule has 6 N–H and O–H groups in total. The Morgan fingerprint density at radius 1 is 0.526 bits per heavy atom. The molecule has 8 atom stereocenters. The van der Waals surface area contributed by atoms with Crippen molar-refractivity contribution in [2.75, 3.05) is 13.2 Å². The number of hydrogen-bond donors (Lipinski definition) is 6. The first-order valence-electron chi connectivity index (χ1n) is 31.2. The Bertz CT molecular complexity index is 1680. The minimum absolute atomic E-state index is 0.0948. The Morgan fingerprint density at radius 3 is 1.53 bits per heavy atom. The van der Waals surface area contributed by atoms with Crippen LogP contribution in [-0.2, 0) is 23.8 Å². The predicted molar refractivity (Wildman–Crippen MR) is 324 cm³/mol. The number of aliphatic hydroxyl groups is 5. The van der Waals surface area contributed by atoms with Crippen LogP contribution in [0.4, 0.5) is 0 Å². The molecule has 11 nitrogen and oxygen atoms in total. The van der Waals surface area contributed by atoms with Crippen LogP contribution < -0.4 is 5.32 Å². The number of amides is 1. The van der Waals surface area contributed by atoms with Crippen LogP contribution in [-0.4, -0.2) is 99.6 Å². The molecule has 1 amide bonds. The second-order valence-electron chi connectivity index (χ2n) is 21.1. The van der Waals surface area contributed by atoms with Gasteiger partial charge < -0.3 is 45.1 Å². The van der Waals surface area contributed by atoms with Gasteiger partial charge in [0, 0.05) is 6.42 Å². The summed E-state index contributed by atoms with van der Waals surface area (Å²) in [5.74, 6) is -1.23. The number of esters is 1. The summed E-state index contributed by atoms with van der Waals surface area (Å²) >= 11 is 0. The normalized spacial score (nSPS) is 19.7. The third-order valence-corrected chi connectivity index (χ3v) is 14.0. The van der Waals surface area contributed by atoms with Crippen molar-refractivity contribution in [1.82, 2.24) is 5.32 Å². The van der Waals surface area contributed by atoms with Gasteiger partial charge in [-0.05, 0) is 89.9 Å². The lowest BCUT2D eigenvalue weighted by Crippen LogP contribution is -2.61. The number of carbonyl (C=O) groups is 2. The van der Waals surface area contributed by atoms with Gasteiger partial charge in [0.15, 0.2) is 12.4 Å². The fraction of sp³-hybridized carbons (Fsp3) is 0.701. The quantitative estimate of drug-likeness (QED) is 0.0149. The molecule has 1 fully saturated rings. The summed E-state index contributed by atoms with van der Waals surface area (Å²) in [5, 5.41) is 56.9. The van der Waals surface area contributed by atoms with Crippen molar-refractivity contribution in [3.63, 3.8) is 0 Å². The lowest BCUT2D eigenvalue weighted by atomic mass is 9.99. The molecule has 0 radical (unpaired) electrons. The summed E-state index contributed by atoms with van der Waals surface area (Å²) in [5.41, 5.74) is 0. The summed E-state index contributed by atoms with van der Waals surface area (Å²) in [6, 6.07) is -1.04. The zero-order valence-corrected chi connectivity index (χ0v) is 49.2. The number of nitrogens with one attached hydrogen (secondary N) is 1. The molecule has 446 valence electrons. The molecular formula is C67H113NO10. The van der Waals surface area contributed by atoms with E-state index in [2.05, 4.69) is 105 Å². The van der Waals surface area contributed by atoms with E-state index in [-0.39, 0.29) is 19.4 Å². The van der Waals surface area contributed by atoms with Crippen molar-refractivity contribution in [2.24, 2.45) is 0 Å². The van der Waals surface area contributed by atoms with Crippen LogP contribution in [0.2, 0.25) is 0 Å². The third kappa shape index (κ3) is 41.3. The van der Waals surface area contributed by atoms with Gasteiger partial charge in [-0.3, -0.25) is 9.59 Å². The standard InChI is InChI=1S/C67H113NO10/c1-4-7-10-13-16-19-22-25-26-27-28-29-30-31-32-33-34-35-37-39-42-45-48-51-54-60(71)66(75)68-58(59(70)53-50-47-44-41-38-24-21-18-15-12-9-6-3)57-76-67-65(64(74)63(73)61(56-69)77-67)78-62(72)55-52-49-46-43-40-36-23-20-17-14-11-8-5-2/h7-8,10-11,14,16-17,19-20,23,25-26,28-29,31-32,50,53,58-61,63-65,67,69-71,73-74H,4-6,9,12-13,15,18,21-22,24,27,30,33-49,51-52,54-57H2,1-3H3,(H,68,75)/b10-7-,11-8+,17-14+,19-16-,23-20-,26-25-,29-28-,32-31-,53-50+. The van der Waals surface area contributed by atoms with Gasteiger partial charge in [-0.1, -0.05) is 252 Å². The molecule has 1 heterocycles. The second-order valence-corrected chi connectivity index (χ2v) is 21.1. The van der Waals surface area contributed by atoms with Gasteiger partial charge in [-0.15, -0.1) is 0 Å². The Labute approximate surface area is 475 Å². The zero-order chi connectivity index (χ0) is 56.8. The summed E-state index contributed by atoms with van der Waals surface area (Å²) in [7, 11) is 0. The molecular weight excluding hydrogens is 979 g/mol. The van der Waals surface area contributed by atoms with E-state index in [9.17, 15) is 35.1 Å². The molecule has 0 bridgehead atoms. The van der Waals surface area contributed by atoms with Crippen LogP contribution in [0.1, 0.15) is 239 Å². The lowest BCUT2D eigenvalue weighted by Gasteiger charge is -2.41. The molecule has 0 spiro atoms. The summed E-state index contributed by atoms with van der Waals surface area (Å²) in [4.78, 5) is 26.5. The SMILES string of the molecule is CC/C=C\C/C=C\C/C=C\C/C=C\C/C=C\CCCCCCCCCCC(O)C(=O)NC(COC1OC(CO)C(O)C(O)C1OC(=O)CCCCCCC\C=C/C=C/C=C/CC)C(O)/C=C/CCCCCCCCCCCC. The Hall–Kier alpha value is -3.68. The molecule has 1 aliphatic rings. The maximum atomic E-state index is 13.4. The zero-order valence-electron chi connectivity index (χ0n) is 49.2. The molecule has 0 aromatic rings. The molecule has 0 aliphatic carbocycles. The van der Waals surface area contributed by atoms with Crippen molar-refractivity contribution in [3.8, 4) is 0 Å². The minimum atomic E-state index is -1.63. The summed E-state index contributed by atoms with van der Waals surface area (Å²) < 4.78 is 17.6. The number of ether oxygens (including phenoxy) is 3. The number of unbranched alkanes of at least 4 members (excludes halogenated alkanes) is 23. The fourth-order valence-electron chi connectivity index (χ4n) is 9.09. The van der Waals surface area contributed by atoms with Crippen LogP contribution in [0.25, 0.3) is 0 Å². The average Bonchev–Trinajstić information content (AvgIpc) is 3.45. The molecule has 8 unspecified atom stereocenters. The highest BCUT2D eigenvalue weighted by Crippen LogP contribution is 2.26. The van der Waals surface area contributed by atoms with Crippen LogP contribution in [0.15, 0.2) is 109 Å². The van der Waals surface area contributed by atoms with Crippen molar-refractivity contribution in [1.29, 1.82) is 0 Å². The van der Waals surface area contributed by atoms with Gasteiger partial charge in [0.05, 0.1) is 25.4 Å². The van der Waals surface area contributed by atoms with Gasteiger partial charge in [0.2, 0.25) is 5.91 Å². The largest absolute Gasteiger partial charge is 0.454 e. The lowest BCUT2D eigenvalue weighted by molar-refractivity contribution is -0.305. The Kier molecular flexibility index (Phi) is 50.0. The van der Waals surface area contributed by atoms with Gasteiger partial charge in [-0.2, -0.15) is 0 Å². The Morgan fingerprint density at radius 2 is 0.987 bits per heavy atom. The third-order valence-electron chi connectivity index (χ3n) is 14.0. The fourth-order valence-corrected chi connectivity index (χ4v) is 9.09. The number of rotatable bonds is 51. The van der Waals surface area contributed by atoms with Gasteiger partial charge in [-0.25, -0.2) is 0 Å². The maximum Gasteiger partial charge on any atom is 0.306 e. The molecule has 0 saturated carbocycles. The molecule has 11 heteroatoms. The van der Waals surface area contributed by atoms with E-state index in [0.29, 0.717) is 12.8 Å². The topological polar surface area (TPSA) is 175 Å². The monoisotopic (exact) mass is 1090 g/mol. The van der Waals surface area contributed by atoms with Crippen molar-refractivity contribution < 1.29 is 49.3 Å². The molecule has 1 saturated heterocycles. The van der Waals surface area contributed by atoms with Crippen LogP contribution in [0, 0.1) is 0 Å². The first-order chi connectivity index (χ1) is 38.2. The highest BCUT2D eigenvalue weighted by Gasteiger charge is 2.47.